The number of alkyl halides is 3. The molecule has 1 saturated heterocycles. The molecule has 3 rings (SSSR count). The number of pyridine rings is 1. The molecule has 0 saturated carbocycles. The molecule has 0 spiro atoms. The van der Waals surface area contributed by atoms with Crippen molar-refractivity contribution < 1.29 is 27.8 Å². The highest BCUT2D eigenvalue weighted by molar-refractivity contribution is 5.93. The van der Waals surface area contributed by atoms with Crippen LogP contribution in [0.1, 0.15) is 42.7 Å². The average molecular weight is 423 g/mol. The molecule has 1 aliphatic heterocycles. The molecule has 0 radical (unpaired) electrons. The molecule has 0 bridgehead atoms. The minimum absolute atomic E-state index is 0.171. The standard InChI is InChI=1S/C21H24F3N3O3/c1-13(12-28)25-20(29)17-9-10-18(19(26-17)27-11-3-4-14(27)2)30-16-7-5-15(6-8-16)21(22,23)24/h5-10,13-14,28H,3-4,11-12H2,1-2H3,(H,25,29). The third kappa shape index (κ3) is 5.02. The van der Waals surface area contributed by atoms with Gasteiger partial charge >= 0.3 is 6.18 Å². The zero-order valence-corrected chi connectivity index (χ0v) is 16.7. The van der Waals surface area contributed by atoms with Gasteiger partial charge in [-0.15, -0.1) is 0 Å². The SMILES string of the molecule is CC(CO)NC(=O)c1ccc(Oc2ccc(C(F)(F)F)cc2)c(N2CCCC2C)n1. The lowest BCUT2D eigenvalue weighted by molar-refractivity contribution is -0.137. The Hall–Kier alpha value is -2.81. The Morgan fingerprint density at radius 3 is 2.57 bits per heavy atom. The van der Waals surface area contributed by atoms with Gasteiger partial charge in [-0.2, -0.15) is 13.2 Å². The van der Waals surface area contributed by atoms with Gasteiger partial charge in [0, 0.05) is 18.6 Å². The Kier molecular flexibility index (Phi) is 6.50. The van der Waals surface area contributed by atoms with Gasteiger partial charge in [0.2, 0.25) is 0 Å². The second-order valence-corrected chi connectivity index (χ2v) is 7.38. The summed E-state index contributed by atoms with van der Waals surface area (Å²) in [6.07, 6.45) is -2.50. The number of anilines is 1. The molecule has 9 heteroatoms. The fraction of sp³-hybridized carbons (Fsp3) is 0.429. The summed E-state index contributed by atoms with van der Waals surface area (Å²) in [6.45, 7) is 4.24. The maximum Gasteiger partial charge on any atom is 0.416 e. The van der Waals surface area contributed by atoms with Crippen LogP contribution < -0.4 is 15.0 Å². The van der Waals surface area contributed by atoms with Crippen LogP contribution in [0.4, 0.5) is 19.0 Å². The quantitative estimate of drug-likeness (QED) is 0.735. The fourth-order valence-corrected chi connectivity index (χ4v) is 3.28. The van der Waals surface area contributed by atoms with E-state index in [1.807, 2.05) is 11.8 Å². The Bertz CT molecular complexity index is 887. The first-order valence-corrected chi connectivity index (χ1v) is 9.73. The predicted octanol–water partition coefficient (Wildman–Crippen LogP) is 3.99. The lowest BCUT2D eigenvalue weighted by Gasteiger charge is -2.25. The molecule has 1 aromatic heterocycles. The topological polar surface area (TPSA) is 74.7 Å². The highest BCUT2D eigenvalue weighted by Crippen LogP contribution is 2.36. The fourth-order valence-electron chi connectivity index (χ4n) is 3.28. The Morgan fingerprint density at radius 2 is 2.00 bits per heavy atom. The van der Waals surface area contributed by atoms with Crippen molar-refractivity contribution in [2.75, 3.05) is 18.1 Å². The number of nitrogens with one attached hydrogen (secondary N) is 1. The van der Waals surface area contributed by atoms with Crippen molar-refractivity contribution in [3.05, 3.63) is 47.7 Å². The van der Waals surface area contributed by atoms with E-state index in [1.165, 1.54) is 18.2 Å². The lowest BCUT2D eigenvalue weighted by atomic mass is 10.2. The van der Waals surface area contributed by atoms with Gasteiger partial charge in [0.1, 0.15) is 11.4 Å². The van der Waals surface area contributed by atoms with E-state index < -0.39 is 23.7 Å². The molecule has 2 unspecified atom stereocenters. The first kappa shape index (κ1) is 21.9. The van der Waals surface area contributed by atoms with E-state index in [2.05, 4.69) is 10.3 Å². The van der Waals surface area contributed by atoms with Crippen molar-refractivity contribution in [1.29, 1.82) is 0 Å². The monoisotopic (exact) mass is 423 g/mol. The van der Waals surface area contributed by atoms with Gasteiger partial charge in [0.15, 0.2) is 11.6 Å². The van der Waals surface area contributed by atoms with Gasteiger partial charge in [-0.3, -0.25) is 4.79 Å². The number of hydrogen-bond donors (Lipinski definition) is 2. The number of aromatic nitrogens is 1. The van der Waals surface area contributed by atoms with E-state index in [-0.39, 0.29) is 24.1 Å². The van der Waals surface area contributed by atoms with Crippen LogP contribution in [0.2, 0.25) is 0 Å². The van der Waals surface area contributed by atoms with Gasteiger partial charge in [0.25, 0.3) is 5.91 Å². The molecule has 2 heterocycles. The number of carbonyl (C=O) groups excluding carboxylic acids is 1. The van der Waals surface area contributed by atoms with Crippen LogP contribution in [0.25, 0.3) is 0 Å². The average Bonchev–Trinajstić information content (AvgIpc) is 3.13. The highest BCUT2D eigenvalue weighted by atomic mass is 19.4. The van der Waals surface area contributed by atoms with E-state index in [0.29, 0.717) is 11.6 Å². The summed E-state index contributed by atoms with van der Waals surface area (Å²) in [5, 5.41) is 11.8. The number of benzene rings is 1. The van der Waals surface area contributed by atoms with Gasteiger partial charge in [-0.1, -0.05) is 0 Å². The zero-order chi connectivity index (χ0) is 21.9. The maximum atomic E-state index is 12.8. The van der Waals surface area contributed by atoms with Crippen LogP contribution in [-0.4, -0.2) is 41.2 Å². The van der Waals surface area contributed by atoms with Crippen LogP contribution in [0.3, 0.4) is 0 Å². The number of ether oxygens (including phenoxy) is 1. The third-order valence-electron chi connectivity index (χ3n) is 4.96. The second-order valence-electron chi connectivity index (χ2n) is 7.38. The number of nitrogens with zero attached hydrogens (tertiary/aromatic N) is 2. The van der Waals surface area contributed by atoms with E-state index in [9.17, 15) is 18.0 Å². The van der Waals surface area contributed by atoms with Crippen molar-refractivity contribution in [3.63, 3.8) is 0 Å². The molecule has 1 fully saturated rings. The van der Waals surface area contributed by atoms with Crippen LogP contribution in [-0.2, 0) is 6.18 Å². The first-order chi connectivity index (χ1) is 14.2. The van der Waals surface area contributed by atoms with Gasteiger partial charge in [-0.25, -0.2) is 4.98 Å². The number of rotatable bonds is 6. The number of aliphatic hydroxyl groups is 1. The predicted molar refractivity (Wildman–Crippen MR) is 106 cm³/mol. The largest absolute Gasteiger partial charge is 0.453 e. The van der Waals surface area contributed by atoms with Crippen molar-refractivity contribution in [3.8, 4) is 11.5 Å². The van der Waals surface area contributed by atoms with Crippen LogP contribution in [0.15, 0.2) is 36.4 Å². The minimum atomic E-state index is -4.42. The molecular weight excluding hydrogens is 399 g/mol. The summed E-state index contributed by atoms with van der Waals surface area (Å²) in [5.41, 5.74) is -0.587. The summed E-state index contributed by atoms with van der Waals surface area (Å²) >= 11 is 0. The van der Waals surface area contributed by atoms with Crippen LogP contribution >= 0.6 is 0 Å². The van der Waals surface area contributed by atoms with Crippen LogP contribution in [0.5, 0.6) is 11.5 Å². The molecule has 162 valence electrons. The minimum Gasteiger partial charge on any atom is -0.453 e. The van der Waals surface area contributed by atoms with Crippen molar-refractivity contribution in [1.82, 2.24) is 10.3 Å². The van der Waals surface area contributed by atoms with Gasteiger partial charge in [-0.05, 0) is 63.1 Å². The Labute approximate surface area is 172 Å². The number of halogens is 3. The number of hydrogen-bond acceptors (Lipinski definition) is 5. The maximum absolute atomic E-state index is 12.8. The second kappa shape index (κ2) is 8.91. The molecule has 30 heavy (non-hydrogen) atoms. The molecule has 1 aromatic carbocycles. The zero-order valence-electron chi connectivity index (χ0n) is 16.7. The molecule has 0 aliphatic carbocycles. The van der Waals surface area contributed by atoms with E-state index in [1.54, 1.807) is 13.0 Å². The van der Waals surface area contributed by atoms with Gasteiger partial charge < -0.3 is 20.1 Å². The van der Waals surface area contributed by atoms with E-state index >= 15 is 0 Å². The molecule has 1 amide bonds. The molecule has 1 aliphatic rings. The summed E-state index contributed by atoms with van der Waals surface area (Å²) in [4.78, 5) is 18.9. The smallest absolute Gasteiger partial charge is 0.416 e. The number of amides is 1. The van der Waals surface area contributed by atoms with Crippen molar-refractivity contribution in [2.45, 2.75) is 44.9 Å². The van der Waals surface area contributed by atoms with Gasteiger partial charge in [0.05, 0.1) is 12.2 Å². The molecule has 2 atom stereocenters. The molecular formula is C21H24F3N3O3. The van der Waals surface area contributed by atoms with Crippen molar-refractivity contribution in [2.24, 2.45) is 0 Å². The molecule has 2 N–H and O–H groups in total. The third-order valence-corrected chi connectivity index (χ3v) is 4.96. The number of carbonyl (C=O) groups is 1. The summed E-state index contributed by atoms with van der Waals surface area (Å²) < 4.78 is 44.2. The summed E-state index contributed by atoms with van der Waals surface area (Å²) in [7, 11) is 0. The Balaban J connectivity index is 1.90. The summed E-state index contributed by atoms with van der Waals surface area (Å²) in [5.74, 6) is 0.634. The highest BCUT2D eigenvalue weighted by Gasteiger charge is 2.30. The number of aliphatic hydroxyl groups excluding tert-OH is 1. The first-order valence-electron chi connectivity index (χ1n) is 9.73. The lowest BCUT2D eigenvalue weighted by Crippen LogP contribution is -2.36. The van der Waals surface area contributed by atoms with E-state index in [0.717, 1.165) is 31.5 Å². The molecule has 6 nitrogen and oxygen atoms in total. The van der Waals surface area contributed by atoms with Crippen molar-refractivity contribution >= 4 is 11.7 Å². The summed E-state index contributed by atoms with van der Waals surface area (Å²) in [6, 6.07) is 7.26. The molecule has 2 aromatic rings. The van der Waals surface area contributed by atoms with E-state index in [4.69, 9.17) is 9.84 Å². The van der Waals surface area contributed by atoms with Crippen LogP contribution in [0, 0.1) is 0 Å². The normalized spacial score (nSPS) is 17.7. The Morgan fingerprint density at radius 1 is 1.30 bits per heavy atom.